The summed E-state index contributed by atoms with van der Waals surface area (Å²) in [5.74, 6) is -1.62. The molecular weight excluding hydrogens is 218 g/mol. The number of halogens is 2. The van der Waals surface area contributed by atoms with E-state index >= 15 is 0 Å². The summed E-state index contributed by atoms with van der Waals surface area (Å²) in [6.45, 7) is 0. The van der Waals surface area contributed by atoms with E-state index in [-0.39, 0.29) is 11.6 Å². The number of H-pyrrole nitrogens is 1. The number of nitrogens with zero attached hydrogens (tertiary/aromatic N) is 1. The quantitative estimate of drug-likeness (QED) is 0.846. The minimum absolute atomic E-state index is 0.0336. The third-order valence-electron chi connectivity index (χ3n) is 1.71. The number of ether oxygens (including phenoxy) is 1. The van der Waals surface area contributed by atoms with Gasteiger partial charge in [-0.1, -0.05) is 0 Å². The van der Waals surface area contributed by atoms with Crippen molar-refractivity contribution in [1.29, 1.82) is 0 Å². The molecule has 0 atom stereocenters. The lowest BCUT2D eigenvalue weighted by Gasteiger charge is -2.03. The first-order valence-corrected chi connectivity index (χ1v) is 4.32. The summed E-state index contributed by atoms with van der Waals surface area (Å²) in [5.41, 5.74) is -0.415. The number of aromatic amines is 1. The monoisotopic (exact) mass is 224 g/mol. The first kappa shape index (κ1) is 10.3. The second-order valence-corrected chi connectivity index (χ2v) is 2.96. The van der Waals surface area contributed by atoms with Crippen LogP contribution in [-0.4, -0.2) is 9.97 Å². The zero-order valence-corrected chi connectivity index (χ0v) is 7.91. The minimum Gasteiger partial charge on any atom is -0.439 e. The fourth-order valence-corrected chi connectivity index (χ4v) is 1.11. The van der Waals surface area contributed by atoms with Crippen LogP contribution in [0.15, 0.2) is 35.4 Å². The van der Waals surface area contributed by atoms with Gasteiger partial charge in [-0.25, -0.2) is 13.8 Å². The predicted octanol–water partition coefficient (Wildman–Crippen LogP) is 1.84. The van der Waals surface area contributed by atoms with Crippen molar-refractivity contribution in [2.45, 2.75) is 0 Å². The largest absolute Gasteiger partial charge is 0.439 e. The van der Waals surface area contributed by atoms with Crippen LogP contribution in [0.4, 0.5) is 8.78 Å². The number of aromatic nitrogens is 2. The van der Waals surface area contributed by atoms with Gasteiger partial charge in [-0.3, -0.25) is 4.79 Å². The first-order chi connectivity index (χ1) is 7.63. The van der Waals surface area contributed by atoms with Crippen LogP contribution in [0.1, 0.15) is 0 Å². The Labute approximate surface area is 88.5 Å². The third-order valence-corrected chi connectivity index (χ3v) is 1.71. The average molecular weight is 224 g/mol. The molecule has 1 heterocycles. The Kier molecular flexibility index (Phi) is 2.63. The molecule has 1 aromatic carbocycles. The highest BCUT2D eigenvalue weighted by atomic mass is 19.1. The van der Waals surface area contributed by atoms with E-state index < -0.39 is 17.2 Å². The molecule has 0 spiro atoms. The van der Waals surface area contributed by atoms with E-state index in [4.69, 9.17) is 4.74 Å². The molecule has 0 unspecified atom stereocenters. The summed E-state index contributed by atoms with van der Waals surface area (Å²) in [6.07, 6.45) is 1.13. The summed E-state index contributed by atoms with van der Waals surface area (Å²) in [5, 5.41) is 0. The van der Waals surface area contributed by atoms with Gasteiger partial charge in [0.05, 0.1) is 12.4 Å². The van der Waals surface area contributed by atoms with Crippen molar-refractivity contribution < 1.29 is 13.5 Å². The van der Waals surface area contributed by atoms with Crippen molar-refractivity contribution in [1.82, 2.24) is 9.97 Å². The second kappa shape index (κ2) is 4.09. The summed E-state index contributed by atoms with van der Waals surface area (Å²) < 4.78 is 30.6. The van der Waals surface area contributed by atoms with E-state index in [1.807, 2.05) is 0 Å². The number of nitrogens with one attached hydrogen (secondary N) is 1. The van der Waals surface area contributed by atoms with Crippen LogP contribution in [0.25, 0.3) is 0 Å². The third kappa shape index (κ3) is 2.41. The summed E-state index contributed by atoms with van der Waals surface area (Å²) >= 11 is 0. The number of rotatable bonds is 2. The highest BCUT2D eigenvalue weighted by Gasteiger charge is 2.03. The van der Waals surface area contributed by atoms with Crippen molar-refractivity contribution in [3.8, 4) is 11.6 Å². The molecule has 4 nitrogen and oxygen atoms in total. The van der Waals surface area contributed by atoms with Crippen molar-refractivity contribution in [2.75, 3.05) is 0 Å². The molecule has 1 aromatic heterocycles. The van der Waals surface area contributed by atoms with Gasteiger partial charge in [-0.05, 0) is 0 Å². The highest BCUT2D eigenvalue weighted by molar-refractivity contribution is 5.27. The summed E-state index contributed by atoms with van der Waals surface area (Å²) in [6, 6.07) is 3.78. The molecule has 0 saturated carbocycles. The maximum Gasteiger partial charge on any atom is 0.254 e. The molecule has 1 N–H and O–H groups in total. The van der Waals surface area contributed by atoms with E-state index in [9.17, 15) is 13.6 Å². The lowest BCUT2D eigenvalue weighted by molar-refractivity contribution is 0.449. The molecule has 0 amide bonds. The zero-order valence-electron chi connectivity index (χ0n) is 7.91. The fourth-order valence-electron chi connectivity index (χ4n) is 1.11. The smallest absolute Gasteiger partial charge is 0.254 e. The maximum atomic E-state index is 12.8. The van der Waals surface area contributed by atoms with Crippen LogP contribution in [-0.2, 0) is 0 Å². The maximum absolute atomic E-state index is 12.8. The number of hydrogen-bond donors (Lipinski definition) is 1. The summed E-state index contributed by atoms with van der Waals surface area (Å²) in [4.78, 5) is 16.8. The molecule has 2 aromatic rings. The van der Waals surface area contributed by atoms with Gasteiger partial charge >= 0.3 is 0 Å². The van der Waals surface area contributed by atoms with Crippen molar-refractivity contribution in [3.63, 3.8) is 0 Å². The van der Waals surface area contributed by atoms with E-state index in [1.165, 1.54) is 0 Å². The van der Waals surface area contributed by atoms with Gasteiger partial charge in [0.15, 0.2) is 0 Å². The predicted molar refractivity (Wildman–Crippen MR) is 51.3 cm³/mol. The molecule has 16 heavy (non-hydrogen) atoms. The fraction of sp³-hybridized carbons (Fsp3) is 0. The normalized spacial score (nSPS) is 10.1. The minimum atomic E-state index is -0.764. The highest BCUT2D eigenvalue weighted by Crippen LogP contribution is 2.20. The molecule has 0 aliphatic rings. The topological polar surface area (TPSA) is 55.0 Å². The van der Waals surface area contributed by atoms with Gasteiger partial charge in [-0.15, -0.1) is 0 Å². The Bertz CT molecular complexity index is 548. The van der Waals surface area contributed by atoms with Crippen LogP contribution in [0.2, 0.25) is 0 Å². The Morgan fingerprint density at radius 2 is 1.81 bits per heavy atom. The Balaban J connectivity index is 2.30. The summed E-state index contributed by atoms with van der Waals surface area (Å²) in [7, 11) is 0. The van der Waals surface area contributed by atoms with Gasteiger partial charge in [0, 0.05) is 18.2 Å². The molecule has 0 saturated heterocycles. The lowest BCUT2D eigenvalue weighted by Crippen LogP contribution is -2.04. The molecule has 0 bridgehead atoms. The molecule has 0 aliphatic heterocycles. The first-order valence-electron chi connectivity index (χ1n) is 4.32. The standard InChI is InChI=1S/C10H6F2N2O2/c11-6-1-7(12)3-8(2-6)16-10-4-9(15)13-5-14-10/h1-5H,(H,13,14,15). The van der Waals surface area contributed by atoms with Crippen LogP contribution in [0, 0.1) is 11.6 Å². The Hall–Kier alpha value is -2.24. The van der Waals surface area contributed by atoms with Crippen LogP contribution >= 0.6 is 0 Å². The number of hydrogen-bond acceptors (Lipinski definition) is 3. The van der Waals surface area contributed by atoms with Gasteiger partial charge < -0.3 is 9.72 Å². The lowest BCUT2D eigenvalue weighted by atomic mass is 10.3. The van der Waals surface area contributed by atoms with E-state index in [1.54, 1.807) is 0 Å². The SMILES string of the molecule is O=c1cc(Oc2cc(F)cc(F)c2)nc[nH]1. The van der Waals surface area contributed by atoms with Crippen LogP contribution in [0.5, 0.6) is 11.6 Å². The van der Waals surface area contributed by atoms with Gasteiger partial charge in [0.25, 0.3) is 5.56 Å². The Morgan fingerprint density at radius 3 is 2.44 bits per heavy atom. The molecule has 0 aliphatic carbocycles. The van der Waals surface area contributed by atoms with Crippen molar-refractivity contribution in [2.24, 2.45) is 0 Å². The number of benzene rings is 1. The van der Waals surface area contributed by atoms with Crippen LogP contribution < -0.4 is 10.3 Å². The van der Waals surface area contributed by atoms with E-state index in [0.717, 1.165) is 30.6 Å². The molecular formula is C10H6F2N2O2. The Morgan fingerprint density at radius 1 is 1.12 bits per heavy atom. The zero-order chi connectivity index (χ0) is 11.5. The second-order valence-electron chi connectivity index (χ2n) is 2.96. The molecule has 2 rings (SSSR count). The van der Waals surface area contributed by atoms with Crippen molar-refractivity contribution >= 4 is 0 Å². The van der Waals surface area contributed by atoms with Gasteiger partial charge in [-0.2, -0.15) is 0 Å². The molecule has 0 fully saturated rings. The molecule has 6 heteroatoms. The van der Waals surface area contributed by atoms with Crippen LogP contribution in [0.3, 0.4) is 0 Å². The van der Waals surface area contributed by atoms with Gasteiger partial charge in [0.2, 0.25) is 5.88 Å². The van der Waals surface area contributed by atoms with E-state index in [0.29, 0.717) is 0 Å². The molecule has 82 valence electrons. The van der Waals surface area contributed by atoms with E-state index in [2.05, 4.69) is 9.97 Å². The average Bonchev–Trinajstić information content (AvgIpc) is 2.15. The van der Waals surface area contributed by atoms with Crippen molar-refractivity contribution in [3.05, 3.63) is 52.6 Å². The van der Waals surface area contributed by atoms with Gasteiger partial charge in [0.1, 0.15) is 17.4 Å². The molecule has 0 radical (unpaired) electrons.